The summed E-state index contributed by atoms with van der Waals surface area (Å²) in [5.41, 5.74) is 2.85. The van der Waals surface area contributed by atoms with Crippen molar-refractivity contribution in [3.8, 4) is 0 Å². The minimum absolute atomic E-state index is 0. The van der Waals surface area contributed by atoms with Crippen LogP contribution in [0.3, 0.4) is 0 Å². The van der Waals surface area contributed by atoms with Gasteiger partial charge in [-0.2, -0.15) is 0 Å². The van der Waals surface area contributed by atoms with E-state index in [0.717, 1.165) is 25.7 Å². The molecule has 0 heterocycles. The van der Waals surface area contributed by atoms with Crippen molar-refractivity contribution in [3.05, 3.63) is 41.5 Å². The van der Waals surface area contributed by atoms with Gasteiger partial charge in [0.2, 0.25) is 0 Å². The molecule has 1 aromatic carbocycles. The van der Waals surface area contributed by atoms with Crippen molar-refractivity contribution in [2.75, 3.05) is 0 Å². The van der Waals surface area contributed by atoms with E-state index in [1.165, 1.54) is 5.56 Å². The van der Waals surface area contributed by atoms with Gasteiger partial charge < -0.3 is 6.84 Å². The molecule has 1 nitrogen and oxygen atoms in total. The number of benzene rings is 1. The number of rotatable bonds is 2. The number of hydrogen-bond donors (Lipinski definition) is 1. The van der Waals surface area contributed by atoms with Crippen LogP contribution in [-0.2, 0) is 0 Å². The average Bonchev–Trinajstić information content (AvgIpc) is 2.31. The maximum Gasteiger partial charge on any atom is 1.00 e. The quantitative estimate of drug-likeness (QED) is 0.589. The van der Waals surface area contributed by atoms with E-state index in [2.05, 4.69) is 30.3 Å². The molecule has 0 aromatic heterocycles. The maximum atomic E-state index is 7.24. The van der Waals surface area contributed by atoms with Crippen LogP contribution >= 0.6 is 0 Å². The Hall–Kier alpha value is 0.266. The fourth-order valence-electron chi connectivity index (χ4n) is 2.11. The minimum Gasteiger partial charge on any atom is -1.00 e. The molecule has 80 valence electrons. The molecule has 0 unspecified atom stereocenters. The fraction of sp³-hybridized carbons (Fsp3) is 0.357. The van der Waals surface area contributed by atoms with Gasteiger partial charge in [-0.1, -0.05) is 42.0 Å². The van der Waals surface area contributed by atoms with Crippen LogP contribution in [0.1, 0.15) is 32.7 Å². The molecule has 2 rings (SSSR count). The Morgan fingerprint density at radius 3 is 2.31 bits per heavy atom. The molecule has 0 aliphatic heterocycles. The zero-order chi connectivity index (χ0) is 10.5. The van der Waals surface area contributed by atoms with Gasteiger partial charge in [0.1, 0.15) is 0 Å². The zero-order valence-corrected chi connectivity index (χ0v) is 13.1. The second-order valence-electron chi connectivity index (χ2n) is 4.22. The molecule has 0 atom stereocenters. The smallest absolute Gasteiger partial charge is 1.00 e. The Morgan fingerprint density at radius 2 is 1.75 bits per heavy atom. The fourth-order valence-corrected chi connectivity index (χ4v) is 2.11. The topological polar surface area (TPSA) is 23.9 Å². The van der Waals surface area contributed by atoms with Crippen LogP contribution in [0.25, 0.3) is 6.08 Å². The maximum absolute atomic E-state index is 7.24. The van der Waals surface area contributed by atoms with Crippen LogP contribution in [0.2, 0.25) is 0 Å². The zero-order valence-electron chi connectivity index (χ0n) is 10.9. The molecule has 0 spiro atoms. The number of hydrogen-bond acceptors (Lipinski definition) is 1. The van der Waals surface area contributed by atoms with E-state index in [1.807, 2.05) is 6.07 Å². The summed E-state index contributed by atoms with van der Waals surface area (Å²) < 4.78 is 0. The Bertz CT molecular complexity index is 352. The van der Waals surface area contributed by atoms with Crippen molar-refractivity contribution in [3.63, 3.8) is 0 Å². The van der Waals surface area contributed by atoms with E-state index in [1.54, 1.807) is 11.8 Å². The van der Waals surface area contributed by atoms with E-state index >= 15 is 0 Å². The van der Waals surface area contributed by atoms with Crippen molar-refractivity contribution in [2.24, 2.45) is 5.92 Å². The summed E-state index contributed by atoms with van der Waals surface area (Å²) >= 11 is 0. The standard InChI is InChI=1S/C14H17N.K.H/c15-11-14-8-6-13(7-9-14)10-12-4-2-1-3-5-12;;/h1-5,10-11,14-15H,6-9H2;;/q;+1;-1. The van der Waals surface area contributed by atoms with E-state index in [0.29, 0.717) is 5.92 Å². The summed E-state index contributed by atoms with van der Waals surface area (Å²) in [6.45, 7) is 0. The first kappa shape index (κ1) is 14.3. The molecule has 2 heteroatoms. The van der Waals surface area contributed by atoms with Crippen molar-refractivity contribution >= 4 is 12.3 Å². The van der Waals surface area contributed by atoms with Gasteiger partial charge in [0.15, 0.2) is 0 Å². The van der Waals surface area contributed by atoms with Gasteiger partial charge in [0.05, 0.1) is 0 Å². The molecule has 0 radical (unpaired) electrons. The van der Waals surface area contributed by atoms with E-state index in [9.17, 15) is 0 Å². The third-order valence-corrected chi connectivity index (χ3v) is 3.08. The molecule has 1 aromatic rings. The van der Waals surface area contributed by atoms with Gasteiger partial charge in [-0.25, -0.2) is 0 Å². The molecule has 1 aliphatic carbocycles. The van der Waals surface area contributed by atoms with Gasteiger partial charge in [0, 0.05) is 0 Å². The molecule has 1 saturated carbocycles. The van der Waals surface area contributed by atoms with E-state index < -0.39 is 0 Å². The second kappa shape index (κ2) is 7.57. The van der Waals surface area contributed by atoms with Crippen molar-refractivity contribution in [1.29, 1.82) is 5.41 Å². The summed E-state index contributed by atoms with van der Waals surface area (Å²) in [6, 6.07) is 10.5. The molecular formula is C14H18KN. The van der Waals surface area contributed by atoms with Crippen molar-refractivity contribution in [1.82, 2.24) is 0 Å². The first-order valence-corrected chi connectivity index (χ1v) is 5.63. The Morgan fingerprint density at radius 1 is 1.12 bits per heavy atom. The normalized spacial score (nSPS) is 19.8. The third kappa shape index (κ3) is 4.26. The molecule has 16 heavy (non-hydrogen) atoms. The Kier molecular flexibility index (Phi) is 6.77. The van der Waals surface area contributed by atoms with Gasteiger partial charge in [-0.05, 0) is 43.4 Å². The molecule has 1 fully saturated rings. The Labute approximate surface area is 142 Å². The average molecular weight is 239 g/mol. The molecule has 0 amide bonds. The minimum atomic E-state index is 0. The van der Waals surface area contributed by atoms with Crippen LogP contribution in [0.4, 0.5) is 0 Å². The SMILES string of the molecule is N=CC1CCC(=Cc2ccccc2)CC1.[H-].[K+]. The second-order valence-corrected chi connectivity index (χ2v) is 4.22. The van der Waals surface area contributed by atoms with Crippen LogP contribution in [0.5, 0.6) is 0 Å². The number of allylic oxidation sites excluding steroid dienone is 1. The van der Waals surface area contributed by atoms with Gasteiger partial charge >= 0.3 is 51.4 Å². The summed E-state index contributed by atoms with van der Waals surface area (Å²) in [6.07, 6.45) is 8.55. The van der Waals surface area contributed by atoms with Crippen molar-refractivity contribution in [2.45, 2.75) is 25.7 Å². The summed E-state index contributed by atoms with van der Waals surface area (Å²) in [5, 5.41) is 7.24. The van der Waals surface area contributed by atoms with E-state index in [4.69, 9.17) is 5.41 Å². The first-order valence-electron chi connectivity index (χ1n) is 5.63. The molecule has 1 aliphatic rings. The van der Waals surface area contributed by atoms with E-state index in [-0.39, 0.29) is 52.8 Å². The largest absolute Gasteiger partial charge is 1.00 e. The monoisotopic (exact) mass is 239 g/mol. The number of nitrogens with one attached hydrogen (secondary N) is 1. The van der Waals surface area contributed by atoms with Crippen molar-refractivity contribution < 1.29 is 52.8 Å². The predicted molar refractivity (Wildman–Crippen MR) is 66.3 cm³/mol. The molecular weight excluding hydrogens is 221 g/mol. The van der Waals surface area contributed by atoms with Gasteiger partial charge in [0.25, 0.3) is 0 Å². The molecule has 0 bridgehead atoms. The van der Waals surface area contributed by atoms with Crippen LogP contribution in [-0.4, -0.2) is 6.21 Å². The van der Waals surface area contributed by atoms with Gasteiger partial charge in [-0.3, -0.25) is 0 Å². The van der Waals surface area contributed by atoms with Crippen LogP contribution in [0.15, 0.2) is 35.9 Å². The van der Waals surface area contributed by atoms with Gasteiger partial charge in [-0.15, -0.1) is 0 Å². The molecule has 0 saturated heterocycles. The predicted octanol–water partition coefficient (Wildman–Crippen LogP) is 1.03. The Balaban J connectivity index is 0.00000128. The summed E-state index contributed by atoms with van der Waals surface area (Å²) in [5.74, 6) is 0.526. The molecule has 1 N–H and O–H groups in total. The van der Waals surface area contributed by atoms with Crippen LogP contribution < -0.4 is 51.4 Å². The summed E-state index contributed by atoms with van der Waals surface area (Å²) in [4.78, 5) is 0. The third-order valence-electron chi connectivity index (χ3n) is 3.08. The first-order chi connectivity index (χ1) is 7.38. The van der Waals surface area contributed by atoms with Crippen LogP contribution in [0, 0.1) is 11.3 Å². The summed E-state index contributed by atoms with van der Waals surface area (Å²) in [7, 11) is 0.